The van der Waals surface area contributed by atoms with E-state index in [-0.39, 0.29) is 16.4 Å². The molecule has 0 amide bonds. The van der Waals surface area contributed by atoms with Crippen molar-refractivity contribution in [3.8, 4) is 22.6 Å². The minimum atomic E-state index is -4.52. The zero-order chi connectivity index (χ0) is 27.1. The smallest absolute Gasteiger partial charge is 0.416 e. The van der Waals surface area contributed by atoms with Gasteiger partial charge in [-0.25, -0.2) is 8.42 Å². The van der Waals surface area contributed by atoms with Crippen LogP contribution in [0.25, 0.3) is 27.7 Å². The first-order valence-electron chi connectivity index (χ1n) is 11.0. The van der Waals surface area contributed by atoms with Crippen molar-refractivity contribution >= 4 is 26.7 Å². The summed E-state index contributed by atoms with van der Waals surface area (Å²) in [4.78, 5) is 13.0. The highest BCUT2D eigenvalue weighted by atomic mass is 32.2. The number of rotatable bonds is 6. The molecule has 5 aromatic rings. The maximum absolute atomic E-state index is 13.3. The van der Waals surface area contributed by atoms with Crippen molar-refractivity contribution < 1.29 is 30.8 Å². The third kappa shape index (κ3) is 4.73. The summed E-state index contributed by atoms with van der Waals surface area (Å²) in [7, 11) is -2.61. The van der Waals surface area contributed by atoms with Crippen LogP contribution in [-0.2, 0) is 16.2 Å². The van der Waals surface area contributed by atoms with Gasteiger partial charge in [0.05, 0.1) is 28.8 Å². The van der Waals surface area contributed by atoms with Crippen LogP contribution in [0.3, 0.4) is 0 Å². The monoisotopic (exact) mass is 541 g/mol. The van der Waals surface area contributed by atoms with Crippen LogP contribution in [0.15, 0.2) is 99.3 Å². The van der Waals surface area contributed by atoms with E-state index in [2.05, 4.69) is 14.4 Å². The molecular weight excluding hydrogens is 523 g/mol. The van der Waals surface area contributed by atoms with Gasteiger partial charge in [0.2, 0.25) is 0 Å². The molecule has 0 saturated carbocycles. The van der Waals surface area contributed by atoms with E-state index >= 15 is 0 Å². The number of fused-ring (bicyclic) bond motifs is 1. The fraction of sp³-hybridized carbons (Fsp3) is 0.0769. The third-order valence-corrected chi connectivity index (χ3v) is 7.15. The number of hydrogen-bond acceptors (Lipinski definition) is 6. The summed E-state index contributed by atoms with van der Waals surface area (Å²) >= 11 is 0. The number of anilines is 1. The first-order chi connectivity index (χ1) is 18.1. The standard InChI is InChI=1S/C26H18F3N3O5S/c1-36-23-9-5-17(16-3-2-4-19(13-16)26(27,28)29)15-22(23)32-21-8-7-20(14-18(21)6-10-25(32)33)38(34,35)31-24-11-12-37-30-24/h2-15H,1H3,(H,30,31). The van der Waals surface area contributed by atoms with Crippen LogP contribution in [0.1, 0.15) is 5.56 Å². The molecular formula is C26H18F3N3O5S. The Bertz CT molecular complexity index is 1810. The lowest BCUT2D eigenvalue weighted by Crippen LogP contribution is -2.19. The lowest BCUT2D eigenvalue weighted by Gasteiger charge is -2.16. The Hall–Kier alpha value is -4.58. The van der Waals surface area contributed by atoms with Gasteiger partial charge in [-0.2, -0.15) is 13.2 Å². The van der Waals surface area contributed by atoms with Gasteiger partial charge < -0.3 is 9.26 Å². The molecule has 0 spiro atoms. The highest BCUT2D eigenvalue weighted by Gasteiger charge is 2.30. The molecule has 0 aliphatic rings. The number of nitrogens with zero attached hydrogens (tertiary/aromatic N) is 2. The second-order valence-electron chi connectivity index (χ2n) is 8.18. The highest BCUT2D eigenvalue weighted by molar-refractivity contribution is 7.92. The average molecular weight is 542 g/mol. The van der Waals surface area contributed by atoms with Gasteiger partial charge in [0.1, 0.15) is 12.0 Å². The van der Waals surface area contributed by atoms with Crippen LogP contribution in [0, 0.1) is 0 Å². The minimum Gasteiger partial charge on any atom is -0.495 e. The van der Waals surface area contributed by atoms with E-state index in [1.165, 1.54) is 66.5 Å². The topological polar surface area (TPSA) is 103 Å². The third-order valence-electron chi connectivity index (χ3n) is 5.80. The van der Waals surface area contributed by atoms with Crippen molar-refractivity contribution in [2.24, 2.45) is 0 Å². The summed E-state index contributed by atoms with van der Waals surface area (Å²) in [6.45, 7) is 0. The fourth-order valence-corrected chi connectivity index (χ4v) is 5.05. The summed E-state index contributed by atoms with van der Waals surface area (Å²) in [5.41, 5.74) is 0.0962. The number of sulfonamides is 1. The van der Waals surface area contributed by atoms with Gasteiger partial charge in [0.25, 0.3) is 15.6 Å². The Balaban J connectivity index is 1.64. The molecule has 12 heteroatoms. The molecule has 0 saturated heterocycles. The Morgan fingerprint density at radius 3 is 2.45 bits per heavy atom. The zero-order valence-electron chi connectivity index (χ0n) is 19.6. The molecule has 3 aromatic carbocycles. The van der Waals surface area contributed by atoms with Crippen molar-refractivity contribution in [2.45, 2.75) is 11.1 Å². The molecule has 5 rings (SSSR count). The van der Waals surface area contributed by atoms with E-state index in [4.69, 9.17) is 4.74 Å². The summed E-state index contributed by atoms with van der Waals surface area (Å²) in [5.74, 6) is 0.297. The van der Waals surface area contributed by atoms with Gasteiger partial charge in [-0.15, -0.1) is 0 Å². The van der Waals surface area contributed by atoms with Crippen LogP contribution in [0.2, 0.25) is 0 Å². The lowest BCUT2D eigenvalue weighted by molar-refractivity contribution is -0.137. The average Bonchev–Trinajstić information content (AvgIpc) is 3.40. The molecule has 0 atom stereocenters. The van der Waals surface area contributed by atoms with E-state index in [9.17, 15) is 26.4 Å². The zero-order valence-corrected chi connectivity index (χ0v) is 20.4. The second-order valence-corrected chi connectivity index (χ2v) is 9.87. The second kappa shape index (κ2) is 9.38. The molecule has 2 heterocycles. The van der Waals surface area contributed by atoms with Gasteiger partial charge in [-0.1, -0.05) is 23.4 Å². The van der Waals surface area contributed by atoms with Gasteiger partial charge in [0, 0.05) is 17.5 Å². The predicted molar refractivity (Wildman–Crippen MR) is 134 cm³/mol. The Kier molecular flexibility index (Phi) is 6.19. The summed E-state index contributed by atoms with van der Waals surface area (Å²) in [6, 6.07) is 17.8. The molecule has 1 N–H and O–H groups in total. The summed E-state index contributed by atoms with van der Waals surface area (Å²) in [6.07, 6.45) is -3.30. The van der Waals surface area contributed by atoms with E-state index in [1.807, 2.05) is 0 Å². The van der Waals surface area contributed by atoms with Crippen LogP contribution in [0.4, 0.5) is 19.0 Å². The van der Waals surface area contributed by atoms with Crippen molar-refractivity contribution in [2.75, 3.05) is 11.8 Å². The van der Waals surface area contributed by atoms with Crippen molar-refractivity contribution in [3.05, 3.63) is 101 Å². The van der Waals surface area contributed by atoms with E-state index < -0.39 is 27.3 Å². The first-order valence-corrected chi connectivity index (χ1v) is 12.5. The molecule has 0 fully saturated rings. The number of benzene rings is 3. The number of halogens is 3. The van der Waals surface area contributed by atoms with Crippen molar-refractivity contribution in [1.82, 2.24) is 9.72 Å². The van der Waals surface area contributed by atoms with Crippen molar-refractivity contribution in [3.63, 3.8) is 0 Å². The molecule has 194 valence electrons. The Labute approximate surface area is 213 Å². The minimum absolute atomic E-state index is 0.00575. The summed E-state index contributed by atoms with van der Waals surface area (Å²) < 4.78 is 79.1. The van der Waals surface area contributed by atoms with Crippen LogP contribution in [0.5, 0.6) is 5.75 Å². The number of hydrogen-bond donors (Lipinski definition) is 1. The fourth-order valence-electron chi connectivity index (χ4n) is 4.02. The number of methoxy groups -OCH3 is 1. The highest BCUT2D eigenvalue weighted by Crippen LogP contribution is 2.35. The van der Waals surface area contributed by atoms with Gasteiger partial charge in [-0.3, -0.25) is 14.1 Å². The van der Waals surface area contributed by atoms with E-state index in [0.717, 1.165) is 12.1 Å². The van der Waals surface area contributed by atoms with Gasteiger partial charge in [0.15, 0.2) is 5.82 Å². The molecule has 0 bridgehead atoms. The van der Waals surface area contributed by atoms with E-state index in [1.54, 1.807) is 18.2 Å². The van der Waals surface area contributed by atoms with E-state index in [0.29, 0.717) is 27.8 Å². The van der Waals surface area contributed by atoms with Gasteiger partial charge in [-0.05, 0) is 59.7 Å². The predicted octanol–water partition coefficient (Wildman–Crippen LogP) is 5.47. The Morgan fingerprint density at radius 2 is 1.74 bits per heavy atom. The summed E-state index contributed by atoms with van der Waals surface area (Å²) in [5, 5.41) is 3.95. The number of ether oxygens (including phenoxy) is 1. The maximum Gasteiger partial charge on any atom is 0.416 e. The first kappa shape index (κ1) is 25.1. The SMILES string of the molecule is COc1ccc(-c2cccc(C(F)(F)F)c2)cc1-n1c(=O)ccc2cc(S(=O)(=O)Nc3ccon3)ccc21. The van der Waals surface area contributed by atoms with Crippen LogP contribution in [-0.4, -0.2) is 25.3 Å². The van der Waals surface area contributed by atoms with Crippen LogP contribution >= 0.6 is 0 Å². The van der Waals surface area contributed by atoms with Gasteiger partial charge >= 0.3 is 6.18 Å². The number of nitrogens with one attached hydrogen (secondary N) is 1. The molecule has 38 heavy (non-hydrogen) atoms. The largest absolute Gasteiger partial charge is 0.495 e. The Morgan fingerprint density at radius 1 is 0.947 bits per heavy atom. The number of alkyl halides is 3. The molecule has 0 radical (unpaired) electrons. The maximum atomic E-state index is 13.3. The molecule has 2 aromatic heterocycles. The molecule has 0 aliphatic carbocycles. The number of pyridine rings is 1. The molecule has 0 unspecified atom stereocenters. The molecule has 0 aliphatic heterocycles. The van der Waals surface area contributed by atoms with Crippen LogP contribution < -0.4 is 15.0 Å². The normalized spacial score (nSPS) is 12.0. The lowest BCUT2D eigenvalue weighted by atomic mass is 10.0. The quantitative estimate of drug-likeness (QED) is 0.306. The van der Waals surface area contributed by atoms with Crippen molar-refractivity contribution in [1.29, 1.82) is 0 Å². The molecule has 8 nitrogen and oxygen atoms in total. The number of aromatic nitrogens is 2.